The average molecular weight is 330 g/mol. The fourth-order valence-electron chi connectivity index (χ4n) is 2.30. The quantitative estimate of drug-likeness (QED) is 0.585. The number of hydrogen-bond donors (Lipinski definition) is 1. The molecule has 0 aliphatic carbocycles. The Bertz CT molecular complexity index is 628. The summed E-state index contributed by atoms with van der Waals surface area (Å²) >= 11 is 0. The molecule has 1 unspecified atom stereocenters. The normalized spacial score (nSPS) is 18.5. The maximum Gasteiger partial charge on any atom is 0.330 e. The number of carbonyl (C=O) groups is 3. The van der Waals surface area contributed by atoms with Crippen molar-refractivity contribution in [1.82, 2.24) is 15.1 Å². The van der Waals surface area contributed by atoms with Crippen molar-refractivity contribution < 1.29 is 14.4 Å². The van der Waals surface area contributed by atoms with Gasteiger partial charge in [0.15, 0.2) is 5.92 Å². The maximum atomic E-state index is 12.4. The van der Waals surface area contributed by atoms with E-state index < -0.39 is 23.8 Å². The van der Waals surface area contributed by atoms with Gasteiger partial charge < -0.3 is 4.90 Å². The predicted molar refractivity (Wildman–Crippen MR) is 90.8 cm³/mol. The summed E-state index contributed by atoms with van der Waals surface area (Å²) in [6, 6.07) is 8.89. The first-order valence-corrected chi connectivity index (χ1v) is 7.84. The fraction of sp³-hybridized carbons (Fsp3) is 0.412. The van der Waals surface area contributed by atoms with Crippen LogP contribution in [0.25, 0.3) is 0 Å². The van der Waals surface area contributed by atoms with Crippen LogP contribution in [-0.2, 0) is 16.0 Å². The lowest BCUT2D eigenvalue weighted by molar-refractivity contribution is -0.139. The molecule has 0 radical (unpaired) electrons. The third-order valence-electron chi connectivity index (χ3n) is 3.69. The Balaban J connectivity index is 1.99. The number of imide groups is 2. The zero-order chi connectivity index (χ0) is 17.5. The molecule has 1 aliphatic heterocycles. The van der Waals surface area contributed by atoms with Gasteiger partial charge in [-0.2, -0.15) is 0 Å². The minimum Gasteiger partial charge on any atom is -0.308 e. The highest BCUT2D eigenvalue weighted by Crippen LogP contribution is 2.11. The summed E-state index contributed by atoms with van der Waals surface area (Å²) in [6.45, 7) is 1.43. The predicted octanol–water partition coefficient (Wildman–Crippen LogP) is 0.556. The van der Waals surface area contributed by atoms with E-state index in [4.69, 9.17) is 0 Å². The molecule has 1 aliphatic rings. The second-order valence-electron chi connectivity index (χ2n) is 5.86. The second-order valence-corrected chi connectivity index (χ2v) is 5.86. The summed E-state index contributed by atoms with van der Waals surface area (Å²) in [4.78, 5) is 43.4. The molecule has 1 atom stereocenters. The first kappa shape index (κ1) is 17.8. The monoisotopic (exact) mass is 330 g/mol. The molecule has 4 amide bonds. The Morgan fingerprint density at radius 1 is 1.21 bits per heavy atom. The van der Waals surface area contributed by atoms with Crippen LogP contribution in [-0.4, -0.2) is 67.6 Å². The van der Waals surface area contributed by atoms with Crippen LogP contribution in [0.15, 0.2) is 35.3 Å². The van der Waals surface area contributed by atoms with Crippen molar-refractivity contribution in [3.05, 3.63) is 35.9 Å². The van der Waals surface area contributed by atoms with Gasteiger partial charge in [-0.3, -0.25) is 24.8 Å². The third-order valence-corrected chi connectivity index (χ3v) is 3.69. The van der Waals surface area contributed by atoms with Gasteiger partial charge in [-0.1, -0.05) is 30.3 Å². The van der Waals surface area contributed by atoms with E-state index in [0.717, 1.165) is 17.0 Å². The number of urea groups is 1. The molecule has 24 heavy (non-hydrogen) atoms. The first-order chi connectivity index (χ1) is 11.5. The van der Waals surface area contributed by atoms with E-state index in [1.165, 1.54) is 6.21 Å². The van der Waals surface area contributed by atoms with Crippen LogP contribution in [0.1, 0.15) is 5.56 Å². The number of rotatable bonds is 7. The van der Waals surface area contributed by atoms with E-state index >= 15 is 0 Å². The second kappa shape index (κ2) is 8.35. The maximum absolute atomic E-state index is 12.4. The van der Waals surface area contributed by atoms with E-state index in [0.29, 0.717) is 13.0 Å². The molecule has 0 spiro atoms. The summed E-state index contributed by atoms with van der Waals surface area (Å²) in [5.41, 5.74) is 1.02. The molecular formula is C17H22N4O3. The average Bonchev–Trinajstić information content (AvgIpc) is 2.54. The number of benzene rings is 1. The number of hydrogen-bond acceptors (Lipinski definition) is 5. The van der Waals surface area contributed by atoms with Crippen LogP contribution < -0.4 is 5.32 Å². The molecule has 1 aromatic rings. The molecular weight excluding hydrogens is 308 g/mol. The van der Waals surface area contributed by atoms with Crippen molar-refractivity contribution in [3.63, 3.8) is 0 Å². The van der Waals surface area contributed by atoms with Crippen LogP contribution in [0.2, 0.25) is 0 Å². The fourth-order valence-corrected chi connectivity index (χ4v) is 2.30. The van der Waals surface area contributed by atoms with Gasteiger partial charge in [0.1, 0.15) is 0 Å². The van der Waals surface area contributed by atoms with Crippen LogP contribution in [0.5, 0.6) is 0 Å². The van der Waals surface area contributed by atoms with Crippen molar-refractivity contribution in [2.24, 2.45) is 10.9 Å². The van der Waals surface area contributed by atoms with Crippen molar-refractivity contribution in [3.8, 4) is 0 Å². The summed E-state index contributed by atoms with van der Waals surface area (Å²) in [7, 11) is 3.83. The van der Waals surface area contributed by atoms with Gasteiger partial charge in [0.05, 0.1) is 6.54 Å². The van der Waals surface area contributed by atoms with Gasteiger partial charge in [-0.25, -0.2) is 4.79 Å². The smallest absolute Gasteiger partial charge is 0.308 e. The van der Waals surface area contributed by atoms with Crippen LogP contribution in [0, 0.1) is 5.92 Å². The van der Waals surface area contributed by atoms with E-state index in [1.54, 1.807) is 0 Å². The van der Waals surface area contributed by atoms with E-state index in [9.17, 15) is 14.4 Å². The molecule has 1 heterocycles. The zero-order valence-corrected chi connectivity index (χ0v) is 13.9. The standard InChI is InChI=1S/C17H22N4O3/c1-20(2)11-9-18-12-14-15(22)19-17(24)21(16(14)23)10-8-13-6-4-3-5-7-13/h3-7,12,14H,8-11H2,1-2H3,(H,19,22,24). The van der Waals surface area contributed by atoms with Crippen molar-refractivity contribution in [1.29, 1.82) is 0 Å². The lowest BCUT2D eigenvalue weighted by atomic mass is 10.1. The van der Waals surface area contributed by atoms with Gasteiger partial charge in [-0.15, -0.1) is 0 Å². The van der Waals surface area contributed by atoms with Gasteiger partial charge in [0.2, 0.25) is 11.8 Å². The summed E-state index contributed by atoms with van der Waals surface area (Å²) in [5, 5.41) is 2.22. The van der Waals surface area contributed by atoms with Gasteiger partial charge in [0, 0.05) is 19.3 Å². The number of nitrogens with one attached hydrogen (secondary N) is 1. The highest BCUT2D eigenvalue weighted by molar-refractivity contribution is 6.23. The first-order valence-electron chi connectivity index (χ1n) is 7.84. The van der Waals surface area contributed by atoms with E-state index in [1.807, 2.05) is 49.3 Å². The largest absolute Gasteiger partial charge is 0.330 e. The topological polar surface area (TPSA) is 82.1 Å². The van der Waals surface area contributed by atoms with Crippen molar-refractivity contribution in [2.45, 2.75) is 6.42 Å². The minimum atomic E-state index is -1.04. The lowest BCUT2D eigenvalue weighted by Crippen LogP contribution is -2.58. The Hall–Kier alpha value is -2.54. The number of barbiturate groups is 1. The van der Waals surface area contributed by atoms with Crippen LogP contribution >= 0.6 is 0 Å². The molecule has 0 saturated carbocycles. The van der Waals surface area contributed by atoms with Crippen LogP contribution in [0.4, 0.5) is 4.79 Å². The number of nitrogens with zero attached hydrogens (tertiary/aromatic N) is 3. The molecule has 1 N–H and O–H groups in total. The lowest BCUT2D eigenvalue weighted by Gasteiger charge is -2.28. The van der Waals surface area contributed by atoms with Crippen molar-refractivity contribution >= 4 is 24.1 Å². The Labute approximate surface area is 141 Å². The van der Waals surface area contributed by atoms with Crippen molar-refractivity contribution in [2.75, 3.05) is 33.7 Å². The molecule has 7 heteroatoms. The number of aliphatic imine (C=N–C) groups is 1. The highest BCUT2D eigenvalue weighted by Gasteiger charge is 2.39. The van der Waals surface area contributed by atoms with Gasteiger partial charge in [0.25, 0.3) is 0 Å². The van der Waals surface area contributed by atoms with Gasteiger partial charge in [-0.05, 0) is 26.1 Å². The van der Waals surface area contributed by atoms with E-state index in [-0.39, 0.29) is 6.54 Å². The molecule has 0 aromatic heterocycles. The third kappa shape index (κ3) is 4.73. The Morgan fingerprint density at radius 3 is 2.58 bits per heavy atom. The molecule has 1 aromatic carbocycles. The molecule has 1 saturated heterocycles. The molecule has 128 valence electrons. The van der Waals surface area contributed by atoms with E-state index in [2.05, 4.69) is 10.3 Å². The minimum absolute atomic E-state index is 0.226. The van der Waals surface area contributed by atoms with Crippen LogP contribution in [0.3, 0.4) is 0 Å². The summed E-state index contributed by atoms with van der Waals surface area (Å²) in [5.74, 6) is -2.18. The zero-order valence-electron chi connectivity index (χ0n) is 13.9. The Morgan fingerprint density at radius 2 is 1.92 bits per heavy atom. The summed E-state index contributed by atoms with van der Waals surface area (Å²) in [6.07, 6.45) is 1.88. The summed E-state index contributed by atoms with van der Waals surface area (Å²) < 4.78 is 0. The highest BCUT2D eigenvalue weighted by atomic mass is 16.2. The molecule has 0 bridgehead atoms. The van der Waals surface area contributed by atoms with Gasteiger partial charge >= 0.3 is 6.03 Å². The Kier molecular flexibility index (Phi) is 6.20. The molecule has 1 fully saturated rings. The SMILES string of the molecule is CN(C)CCN=CC1C(=O)NC(=O)N(CCc2ccccc2)C1=O. The molecule has 2 rings (SSSR count). The molecule has 7 nitrogen and oxygen atoms in total. The number of likely N-dealkylation sites (N-methyl/N-ethyl adjacent to an activating group) is 1. The number of carbonyl (C=O) groups excluding carboxylic acids is 3. The number of amides is 4.